The second kappa shape index (κ2) is 12.3. The SMILES string of the molecule is CCOc1cc(/C=C(/C#N)C(=O)Nc2cccc(C(=O)O)c2)cc(Br)c1OCc1cccc([N+](=O)[O-])c1. The highest BCUT2D eigenvalue weighted by Crippen LogP contribution is 2.38. The first-order chi connectivity index (χ1) is 17.7. The number of carbonyl (C=O) groups is 2. The van der Waals surface area contributed by atoms with Crippen LogP contribution in [0.15, 0.2) is 70.7 Å². The minimum absolute atomic E-state index is 0.00808. The van der Waals surface area contributed by atoms with Crippen molar-refractivity contribution in [2.75, 3.05) is 11.9 Å². The van der Waals surface area contributed by atoms with E-state index < -0.39 is 16.8 Å². The Morgan fingerprint density at radius 1 is 1.16 bits per heavy atom. The van der Waals surface area contributed by atoms with Crippen molar-refractivity contribution in [2.24, 2.45) is 0 Å². The molecule has 0 unspecified atom stereocenters. The number of hydrogen-bond donors (Lipinski definition) is 2. The van der Waals surface area contributed by atoms with Crippen molar-refractivity contribution >= 4 is 45.3 Å². The number of aromatic carboxylic acids is 1. The molecule has 0 aromatic heterocycles. The Morgan fingerprint density at radius 2 is 1.92 bits per heavy atom. The number of carboxylic acids is 1. The minimum Gasteiger partial charge on any atom is -0.490 e. The number of ether oxygens (including phenoxy) is 2. The largest absolute Gasteiger partial charge is 0.490 e. The number of carboxylic acid groups (broad SMARTS) is 1. The van der Waals surface area contributed by atoms with Gasteiger partial charge < -0.3 is 19.9 Å². The molecule has 37 heavy (non-hydrogen) atoms. The van der Waals surface area contributed by atoms with Crippen molar-refractivity contribution in [2.45, 2.75) is 13.5 Å². The Kier molecular flexibility index (Phi) is 8.96. The number of halogens is 1. The summed E-state index contributed by atoms with van der Waals surface area (Å²) in [7, 11) is 0. The van der Waals surface area contributed by atoms with E-state index in [2.05, 4.69) is 21.2 Å². The molecule has 0 spiro atoms. The summed E-state index contributed by atoms with van der Waals surface area (Å²) in [5.74, 6) is -1.18. The number of non-ortho nitro benzene ring substituents is 1. The standard InChI is InChI=1S/C26H20BrN3O7/c1-2-36-23-12-17(9-19(14-28)25(31)29-20-7-4-6-18(13-20)26(32)33)11-22(27)24(23)37-15-16-5-3-8-21(10-16)30(34)35/h3-13H,2,15H2,1H3,(H,29,31)(H,32,33)/b19-9-. The average Bonchev–Trinajstić information content (AvgIpc) is 2.87. The van der Waals surface area contributed by atoms with Crippen molar-refractivity contribution in [3.63, 3.8) is 0 Å². The quantitative estimate of drug-likeness (QED) is 0.140. The first-order valence-electron chi connectivity index (χ1n) is 10.8. The van der Waals surface area contributed by atoms with Crippen LogP contribution in [0.5, 0.6) is 11.5 Å². The fourth-order valence-electron chi connectivity index (χ4n) is 3.23. The summed E-state index contributed by atoms with van der Waals surface area (Å²) in [4.78, 5) is 34.3. The Hall–Kier alpha value is -4.69. The molecule has 0 aliphatic rings. The summed E-state index contributed by atoms with van der Waals surface area (Å²) in [5, 5.41) is 32.2. The van der Waals surface area contributed by atoms with Crippen LogP contribution in [0.2, 0.25) is 0 Å². The lowest BCUT2D eigenvalue weighted by molar-refractivity contribution is -0.384. The maximum absolute atomic E-state index is 12.7. The van der Waals surface area contributed by atoms with Gasteiger partial charge >= 0.3 is 5.97 Å². The van der Waals surface area contributed by atoms with E-state index in [0.29, 0.717) is 33.7 Å². The van der Waals surface area contributed by atoms with Gasteiger partial charge in [-0.05, 0) is 70.4 Å². The number of nitriles is 1. The number of hydrogen-bond acceptors (Lipinski definition) is 7. The normalized spacial score (nSPS) is 10.8. The lowest BCUT2D eigenvalue weighted by Gasteiger charge is -2.15. The molecular weight excluding hydrogens is 546 g/mol. The molecule has 188 valence electrons. The molecule has 11 heteroatoms. The zero-order valence-corrected chi connectivity index (χ0v) is 21.0. The second-order valence-corrected chi connectivity index (χ2v) is 8.34. The minimum atomic E-state index is -1.15. The highest BCUT2D eigenvalue weighted by molar-refractivity contribution is 9.10. The lowest BCUT2D eigenvalue weighted by atomic mass is 10.1. The molecule has 0 heterocycles. The Bertz CT molecular complexity index is 1430. The summed E-state index contributed by atoms with van der Waals surface area (Å²) >= 11 is 3.42. The molecular formula is C26H20BrN3O7. The molecule has 3 aromatic carbocycles. The third-order valence-corrected chi connectivity index (χ3v) is 5.47. The van der Waals surface area contributed by atoms with E-state index in [-0.39, 0.29) is 29.1 Å². The van der Waals surface area contributed by atoms with Gasteiger partial charge in [0.15, 0.2) is 11.5 Å². The molecule has 0 aliphatic heterocycles. The summed E-state index contributed by atoms with van der Waals surface area (Å²) in [6.07, 6.45) is 1.36. The van der Waals surface area contributed by atoms with Gasteiger partial charge in [0, 0.05) is 17.8 Å². The van der Waals surface area contributed by atoms with Gasteiger partial charge in [0.1, 0.15) is 18.2 Å². The van der Waals surface area contributed by atoms with E-state index in [1.54, 1.807) is 31.2 Å². The maximum atomic E-state index is 12.7. The molecule has 0 aliphatic carbocycles. The van der Waals surface area contributed by atoms with Crippen LogP contribution in [0.4, 0.5) is 11.4 Å². The number of benzene rings is 3. The van der Waals surface area contributed by atoms with Crippen molar-refractivity contribution < 1.29 is 29.1 Å². The van der Waals surface area contributed by atoms with Gasteiger partial charge in [-0.2, -0.15) is 5.26 Å². The number of amides is 1. The summed E-state index contributed by atoms with van der Waals surface area (Å²) < 4.78 is 12.0. The third kappa shape index (κ3) is 7.16. The van der Waals surface area contributed by atoms with Crippen molar-refractivity contribution in [1.82, 2.24) is 0 Å². The van der Waals surface area contributed by atoms with Gasteiger partial charge in [-0.15, -0.1) is 0 Å². The van der Waals surface area contributed by atoms with Crippen LogP contribution in [0.25, 0.3) is 6.08 Å². The van der Waals surface area contributed by atoms with Gasteiger partial charge in [-0.3, -0.25) is 14.9 Å². The number of anilines is 1. The summed E-state index contributed by atoms with van der Waals surface area (Å²) in [6.45, 7) is 2.12. The van der Waals surface area contributed by atoms with E-state index in [4.69, 9.17) is 14.6 Å². The smallest absolute Gasteiger partial charge is 0.335 e. The predicted molar refractivity (Wildman–Crippen MR) is 138 cm³/mol. The Labute approximate surface area is 220 Å². The summed E-state index contributed by atoms with van der Waals surface area (Å²) in [5.41, 5.74) is 0.994. The van der Waals surface area contributed by atoms with Gasteiger partial charge in [0.05, 0.1) is 21.6 Å². The molecule has 0 saturated carbocycles. The van der Waals surface area contributed by atoms with E-state index in [0.717, 1.165) is 0 Å². The second-order valence-electron chi connectivity index (χ2n) is 7.49. The molecule has 0 radical (unpaired) electrons. The topological polar surface area (TPSA) is 152 Å². The molecule has 10 nitrogen and oxygen atoms in total. The van der Waals surface area contributed by atoms with E-state index in [1.165, 1.54) is 42.5 Å². The molecule has 0 atom stereocenters. The molecule has 0 saturated heterocycles. The highest BCUT2D eigenvalue weighted by atomic mass is 79.9. The molecule has 3 rings (SSSR count). The third-order valence-electron chi connectivity index (χ3n) is 4.88. The van der Waals surface area contributed by atoms with Crippen molar-refractivity contribution in [3.8, 4) is 17.6 Å². The van der Waals surface area contributed by atoms with E-state index >= 15 is 0 Å². The first-order valence-corrected chi connectivity index (χ1v) is 11.6. The number of rotatable bonds is 10. The van der Waals surface area contributed by atoms with Gasteiger partial charge in [0.2, 0.25) is 0 Å². The highest BCUT2D eigenvalue weighted by Gasteiger charge is 2.16. The van der Waals surface area contributed by atoms with Crippen LogP contribution in [-0.2, 0) is 11.4 Å². The molecule has 1 amide bonds. The number of carbonyl (C=O) groups excluding carboxylic acids is 1. The lowest BCUT2D eigenvalue weighted by Crippen LogP contribution is -2.14. The predicted octanol–water partition coefficient (Wildman–Crippen LogP) is 5.58. The van der Waals surface area contributed by atoms with Crippen LogP contribution in [-0.4, -0.2) is 28.5 Å². The zero-order valence-electron chi connectivity index (χ0n) is 19.4. The van der Waals surface area contributed by atoms with Crippen LogP contribution in [0.1, 0.15) is 28.4 Å². The first kappa shape index (κ1) is 26.9. The number of nitro groups is 1. The van der Waals surface area contributed by atoms with Crippen LogP contribution in [0, 0.1) is 21.4 Å². The molecule has 0 bridgehead atoms. The van der Waals surface area contributed by atoms with Gasteiger partial charge in [-0.25, -0.2) is 4.79 Å². The Balaban J connectivity index is 1.85. The fourth-order valence-corrected chi connectivity index (χ4v) is 3.81. The van der Waals surface area contributed by atoms with Gasteiger partial charge in [-0.1, -0.05) is 18.2 Å². The van der Waals surface area contributed by atoms with E-state index in [1.807, 2.05) is 6.07 Å². The van der Waals surface area contributed by atoms with Crippen LogP contribution in [0.3, 0.4) is 0 Å². The number of nitrogens with one attached hydrogen (secondary N) is 1. The maximum Gasteiger partial charge on any atom is 0.335 e. The average molecular weight is 566 g/mol. The van der Waals surface area contributed by atoms with Gasteiger partial charge in [0.25, 0.3) is 11.6 Å². The van der Waals surface area contributed by atoms with Crippen LogP contribution >= 0.6 is 15.9 Å². The fraction of sp³-hybridized carbons (Fsp3) is 0.115. The number of nitrogens with zero attached hydrogens (tertiary/aromatic N) is 2. The molecule has 0 fully saturated rings. The van der Waals surface area contributed by atoms with Crippen LogP contribution < -0.4 is 14.8 Å². The monoisotopic (exact) mass is 565 g/mol. The molecule has 2 N–H and O–H groups in total. The zero-order chi connectivity index (χ0) is 26.9. The molecule has 3 aromatic rings. The van der Waals surface area contributed by atoms with E-state index in [9.17, 15) is 25.0 Å². The number of nitro benzene ring substituents is 1. The summed E-state index contributed by atoms with van der Waals surface area (Å²) in [6, 6.07) is 16.8. The Morgan fingerprint density at radius 3 is 2.59 bits per heavy atom. The van der Waals surface area contributed by atoms with Crippen molar-refractivity contribution in [1.29, 1.82) is 5.26 Å². The van der Waals surface area contributed by atoms with Crippen molar-refractivity contribution in [3.05, 3.63) is 97.5 Å².